The van der Waals surface area contributed by atoms with Crippen molar-refractivity contribution in [1.82, 2.24) is 20.3 Å². The van der Waals surface area contributed by atoms with Crippen molar-refractivity contribution in [2.45, 2.75) is 6.54 Å². The molecule has 2 N–H and O–H groups in total. The molecule has 0 aliphatic heterocycles. The lowest BCUT2D eigenvalue weighted by atomic mass is 10.3. The Bertz CT molecular complexity index is 874. The molecule has 0 fully saturated rings. The summed E-state index contributed by atoms with van der Waals surface area (Å²) in [6.07, 6.45) is 4.45. The molecule has 0 saturated heterocycles. The van der Waals surface area contributed by atoms with Crippen molar-refractivity contribution in [3.8, 4) is 0 Å². The van der Waals surface area contributed by atoms with Crippen LogP contribution in [0.15, 0.2) is 55.0 Å². The SMILES string of the molecule is O=C(NCc1ccccn1)c1cnc(Nc2ccc(F)c(Cl)c2)nc1. The van der Waals surface area contributed by atoms with Gasteiger partial charge in [0.05, 0.1) is 22.8 Å². The van der Waals surface area contributed by atoms with E-state index in [2.05, 4.69) is 25.6 Å². The third-order valence-electron chi connectivity index (χ3n) is 3.25. The van der Waals surface area contributed by atoms with Crippen LogP contribution in [0.1, 0.15) is 16.1 Å². The smallest absolute Gasteiger partial charge is 0.254 e. The molecule has 1 amide bonds. The van der Waals surface area contributed by atoms with E-state index < -0.39 is 5.82 Å². The fraction of sp³-hybridized carbons (Fsp3) is 0.0588. The Morgan fingerprint density at radius 3 is 2.60 bits per heavy atom. The van der Waals surface area contributed by atoms with Gasteiger partial charge in [0.2, 0.25) is 5.95 Å². The maximum absolute atomic E-state index is 13.1. The Kier molecular flexibility index (Phi) is 5.15. The number of pyridine rings is 1. The second-order valence-corrected chi connectivity index (χ2v) is 5.46. The second kappa shape index (κ2) is 7.67. The van der Waals surface area contributed by atoms with Gasteiger partial charge >= 0.3 is 0 Å². The topological polar surface area (TPSA) is 79.8 Å². The van der Waals surface area contributed by atoms with Crippen LogP contribution in [0.25, 0.3) is 0 Å². The zero-order chi connectivity index (χ0) is 17.6. The molecule has 0 aliphatic carbocycles. The average molecular weight is 358 g/mol. The first-order chi connectivity index (χ1) is 12.1. The van der Waals surface area contributed by atoms with Gasteiger partial charge in [-0.1, -0.05) is 17.7 Å². The van der Waals surface area contributed by atoms with E-state index >= 15 is 0 Å². The Balaban J connectivity index is 1.61. The quantitative estimate of drug-likeness (QED) is 0.732. The van der Waals surface area contributed by atoms with Gasteiger partial charge in [-0.3, -0.25) is 9.78 Å². The summed E-state index contributed by atoms with van der Waals surface area (Å²) in [5.41, 5.74) is 1.61. The molecule has 0 saturated carbocycles. The van der Waals surface area contributed by atoms with Gasteiger partial charge < -0.3 is 10.6 Å². The van der Waals surface area contributed by atoms with E-state index in [9.17, 15) is 9.18 Å². The van der Waals surface area contributed by atoms with Crippen molar-refractivity contribution in [2.24, 2.45) is 0 Å². The van der Waals surface area contributed by atoms with E-state index in [0.29, 0.717) is 17.8 Å². The summed E-state index contributed by atoms with van der Waals surface area (Å²) in [6.45, 7) is 0.313. The van der Waals surface area contributed by atoms with E-state index in [1.165, 1.54) is 30.6 Å². The molecule has 25 heavy (non-hydrogen) atoms. The van der Waals surface area contributed by atoms with Crippen LogP contribution in [0.4, 0.5) is 16.0 Å². The fourth-order valence-electron chi connectivity index (χ4n) is 1.99. The number of nitrogens with one attached hydrogen (secondary N) is 2. The summed E-state index contributed by atoms with van der Waals surface area (Å²) in [5, 5.41) is 5.61. The zero-order valence-corrected chi connectivity index (χ0v) is 13.7. The van der Waals surface area contributed by atoms with Crippen molar-refractivity contribution in [3.63, 3.8) is 0 Å². The molecule has 3 aromatic rings. The standard InChI is InChI=1S/C17H13ClFN5O/c18-14-7-12(4-5-15(14)19)24-17-22-8-11(9-23-17)16(25)21-10-13-3-1-2-6-20-13/h1-9H,10H2,(H,21,25)(H,22,23,24). The van der Waals surface area contributed by atoms with Crippen LogP contribution in [0.5, 0.6) is 0 Å². The maximum Gasteiger partial charge on any atom is 0.254 e. The Morgan fingerprint density at radius 2 is 1.92 bits per heavy atom. The molecule has 0 bridgehead atoms. The number of halogens is 2. The maximum atomic E-state index is 13.1. The summed E-state index contributed by atoms with van der Waals surface area (Å²) in [5.74, 6) is -0.543. The van der Waals surface area contributed by atoms with E-state index in [1.54, 1.807) is 12.3 Å². The summed E-state index contributed by atoms with van der Waals surface area (Å²) < 4.78 is 13.1. The zero-order valence-electron chi connectivity index (χ0n) is 12.9. The minimum absolute atomic E-state index is 0.00415. The largest absolute Gasteiger partial charge is 0.346 e. The van der Waals surface area contributed by atoms with Crippen molar-refractivity contribution in [3.05, 3.63) is 77.1 Å². The molecule has 8 heteroatoms. The van der Waals surface area contributed by atoms with Gasteiger partial charge in [0.25, 0.3) is 5.91 Å². The highest BCUT2D eigenvalue weighted by Crippen LogP contribution is 2.21. The van der Waals surface area contributed by atoms with Crippen LogP contribution >= 0.6 is 11.6 Å². The van der Waals surface area contributed by atoms with E-state index in [4.69, 9.17) is 11.6 Å². The van der Waals surface area contributed by atoms with Gasteiger partial charge in [0.15, 0.2) is 0 Å². The minimum atomic E-state index is -0.506. The van der Waals surface area contributed by atoms with E-state index in [-0.39, 0.29) is 16.9 Å². The molecule has 0 radical (unpaired) electrons. The number of nitrogens with zero attached hydrogens (tertiary/aromatic N) is 3. The molecular formula is C17H13ClFN5O. The van der Waals surface area contributed by atoms with Gasteiger partial charge in [-0.2, -0.15) is 0 Å². The fourth-order valence-corrected chi connectivity index (χ4v) is 2.17. The predicted octanol–water partition coefficient (Wildman–Crippen LogP) is 3.34. The van der Waals surface area contributed by atoms with Crippen LogP contribution < -0.4 is 10.6 Å². The van der Waals surface area contributed by atoms with Gasteiger partial charge in [-0.25, -0.2) is 14.4 Å². The molecule has 0 aliphatic rings. The van der Waals surface area contributed by atoms with Crippen LogP contribution in [0.2, 0.25) is 5.02 Å². The summed E-state index contributed by atoms with van der Waals surface area (Å²) >= 11 is 5.72. The lowest BCUT2D eigenvalue weighted by Crippen LogP contribution is -2.23. The molecule has 3 rings (SSSR count). The first-order valence-electron chi connectivity index (χ1n) is 7.34. The van der Waals surface area contributed by atoms with Crippen molar-refractivity contribution in [2.75, 3.05) is 5.32 Å². The molecule has 0 atom stereocenters. The Morgan fingerprint density at radius 1 is 1.12 bits per heavy atom. The predicted molar refractivity (Wildman–Crippen MR) is 92.1 cm³/mol. The monoisotopic (exact) mass is 357 g/mol. The molecule has 1 aromatic carbocycles. The summed E-state index contributed by atoms with van der Waals surface area (Å²) in [6, 6.07) is 9.65. The molecule has 2 aromatic heterocycles. The Labute approximate surface area is 148 Å². The van der Waals surface area contributed by atoms with Gasteiger partial charge in [-0.05, 0) is 30.3 Å². The van der Waals surface area contributed by atoms with Crippen molar-refractivity contribution in [1.29, 1.82) is 0 Å². The summed E-state index contributed by atoms with van der Waals surface area (Å²) in [4.78, 5) is 24.3. The molecule has 6 nitrogen and oxygen atoms in total. The molecular weight excluding hydrogens is 345 g/mol. The second-order valence-electron chi connectivity index (χ2n) is 5.05. The van der Waals surface area contributed by atoms with Crippen LogP contribution in [-0.2, 0) is 6.54 Å². The number of aromatic nitrogens is 3. The molecule has 0 unspecified atom stereocenters. The highest BCUT2D eigenvalue weighted by molar-refractivity contribution is 6.31. The third kappa shape index (κ3) is 4.48. The number of hydrogen-bond acceptors (Lipinski definition) is 5. The highest BCUT2D eigenvalue weighted by Gasteiger charge is 2.08. The summed E-state index contributed by atoms with van der Waals surface area (Å²) in [7, 11) is 0. The first kappa shape index (κ1) is 16.8. The number of amides is 1. The first-order valence-corrected chi connectivity index (χ1v) is 7.72. The van der Waals surface area contributed by atoms with Crippen LogP contribution in [0, 0.1) is 5.82 Å². The van der Waals surface area contributed by atoms with Gasteiger partial charge in [0.1, 0.15) is 5.82 Å². The minimum Gasteiger partial charge on any atom is -0.346 e. The number of hydrogen-bond donors (Lipinski definition) is 2. The lowest BCUT2D eigenvalue weighted by Gasteiger charge is -2.07. The number of carbonyl (C=O) groups excluding carboxylic acids is 1. The molecule has 126 valence electrons. The van der Waals surface area contributed by atoms with Gasteiger partial charge in [-0.15, -0.1) is 0 Å². The number of carbonyl (C=O) groups is 1. The molecule has 0 spiro atoms. The molecule has 2 heterocycles. The van der Waals surface area contributed by atoms with E-state index in [1.807, 2.05) is 12.1 Å². The van der Waals surface area contributed by atoms with Crippen molar-refractivity contribution < 1.29 is 9.18 Å². The van der Waals surface area contributed by atoms with E-state index in [0.717, 1.165) is 5.69 Å². The average Bonchev–Trinajstić information content (AvgIpc) is 2.64. The third-order valence-corrected chi connectivity index (χ3v) is 3.54. The van der Waals surface area contributed by atoms with Crippen molar-refractivity contribution >= 4 is 29.1 Å². The van der Waals surface area contributed by atoms with Crippen LogP contribution in [-0.4, -0.2) is 20.9 Å². The van der Waals surface area contributed by atoms with Gasteiger partial charge in [0, 0.05) is 24.3 Å². The number of rotatable bonds is 5. The Hall–Kier alpha value is -3.06. The number of benzene rings is 1. The van der Waals surface area contributed by atoms with Crippen LogP contribution in [0.3, 0.4) is 0 Å². The number of anilines is 2. The normalized spacial score (nSPS) is 10.3. The highest BCUT2D eigenvalue weighted by atomic mass is 35.5. The lowest BCUT2D eigenvalue weighted by molar-refractivity contribution is 0.0949.